The molecule has 3 aliphatic rings. The van der Waals surface area contributed by atoms with E-state index >= 15 is 0 Å². The van der Waals surface area contributed by atoms with E-state index in [-0.39, 0.29) is 5.56 Å². The molecule has 0 unspecified atom stereocenters. The van der Waals surface area contributed by atoms with Crippen molar-refractivity contribution in [2.24, 2.45) is 0 Å². The van der Waals surface area contributed by atoms with E-state index in [0.29, 0.717) is 0 Å². The van der Waals surface area contributed by atoms with Crippen molar-refractivity contribution < 1.29 is 99.2 Å². The zero-order chi connectivity index (χ0) is 39.3. The molecule has 3 aromatic rings. The van der Waals surface area contributed by atoms with Crippen molar-refractivity contribution in [2.45, 2.75) is 99.0 Å². The Morgan fingerprint density at radius 3 is 1.91 bits per heavy atom. The van der Waals surface area contributed by atoms with Crippen LogP contribution in [0.2, 0.25) is 0 Å². The Labute approximate surface area is 303 Å². The summed E-state index contributed by atoms with van der Waals surface area (Å²) in [7, 11) is 0. The Bertz CT molecular complexity index is 1850. The summed E-state index contributed by atoms with van der Waals surface area (Å²) in [5, 5.41) is 134. The van der Waals surface area contributed by atoms with Crippen LogP contribution in [0.15, 0.2) is 39.5 Å². The van der Waals surface area contributed by atoms with Crippen LogP contribution in [-0.4, -0.2) is 172 Å². The predicted octanol–water partition coefficient (Wildman–Crippen LogP) is -4.21. The lowest BCUT2D eigenvalue weighted by Crippen LogP contribution is -2.64. The highest BCUT2D eigenvalue weighted by molar-refractivity contribution is 5.88. The average Bonchev–Trinajstić information content (AvgIpc) is 3.14. The van der Waals surface area contributed by atoms with E-state index in [1.807, 2.05) is 0 Å². The molecule has 3 fully saturated rings. The number of aromatic hydroxyl groups is 3. The number of aliphatic hydroxyl groups is 10. The first-order valence-corrected chi connectivity index (χ1v) is 16.5. The summed E-state index contributed by atoms with van der Waals surface area (Å²) in [6.07, 6.45) is -26.5. The summed E-state index contributed by atoms with van der Waals surface area (Å²) < 4.78 is 40.0. The molecule has 0 aliphatic carbocycles. The number of fused-ring (bicyclic) bond motifs is 1. The van der Waals surface area contributed by atoms with Gasteiger partial charge in [-0.1, -0.05) is 0 Å². The Hall–Kier alpha value is -3.91. The van der Waals surface area contributed by atoms with Gasteiger partial charge in [0.2, 0.25) is 23.8 Å². The van der Waals surface area contributed by atoms with Crippen molar-refractivity contribution in [3.8, 4) is 40.1 Å². The summed E-state index contributed by atoms with van der Waals surface area (Å²) in [4.78, 5) is 14.5. The van der Waals surface area contributed by atoms with Gasteiger partial charge in [0.25, 0.3) is 0 Å². The predicted molar refractivity (Wildman–Crippen MR) is 173 cm³/mol. The molecular formula is C33H40O21. The van der Waals surface area contributed by atoms with Gasteiger partial charge < -0.3 is 99.2 Å². The Balaban J connectivity index is 1.48. The third-order valence-electron chi connectivity index (χ3n) is 9.39. The number of hydrogen-bond acceptors (Lipinski definition) is 21. The molecule has 21 heteroatoms. The number of ether oxygens (including phenoxy) is 6. The van der Waals surface area contributed by atoms with Crippen LogP contribution >= 0.6 is 0 Å². The van der Waals surface area contributed by atoms with Gasteiger partial charge in [-0.15, -0.1) is 0 Å². The van der Waals surface area contributed by atoms with Crippen LogP contribution in [-0.2, 0) is 18.9 Å². The van der Waals surface area contributed by atoms with E-state index in [9.17, 15) is 71.2 Å². The Kier molecular flexibility index (Phi) is 11.5. The minimum absolute atomic E-state index is 0.136. The number of phenolic OH excluding ortho intramolecular Hbond substituents is 3. The maximum Gasteiger partial charge on any atom is 0.239 e. The van der Waals surface area contributed by atoms with Gasteiger partial charge in [0, 0.05) is 17.7 Å². The number of aliphatic hydroxyl groups excluding tert-OH is 10. The zero-order valence-corrected chi connectivity index (χ0v) is 28.0. The van der Waals surface area contributed by atoms with Crippen molar-refractivity contribution in [1.29, 1.82) is 0 Å². The molecule has 13 N–H and O–H groups in total. The van der Waals surface area contributed by atoms with Crippen molar-refractivity contribution in [3.05, 3.63) is 40.6 Å². The summed E-state index contributed by atoms with van der Waals surface area (Å²) in [6.45, 7) is -0.386. The lowest BCUT2D eigenvalue weighted by molar-refractivity contribution is -0.354. The van der Waals surface area contributed by atoms with E-state index in [2.05, 4.69) is 0 Å². The molecule has 6 rings (SSSR count). The smallest absolute Gasteiger partial charge is 0.239 e. The number of phenols is 3. The molecular weight excluding hydrogens is 732 g/mol. The van der Waals surface area contributed by atoms with Crippen LogP contribution in [0.4, 0.5) is 0 Å². The molecule has 0 spiro atoms. The monoisotopic (exact) mass is 772 g/mol. The summed E-state index contributed by atoms with van der Waals surface area (Å²) in [5.74, 6) is -3.72. The number of hydrogen-bond donors (Lipinski definition) is 13. The first-order valence-electron chi connectivity index (χ1n) is 16.5. The molecule has 2 aromatic carbocycles. The molecule has 21 nitrogen and oxygen atoms in total. The van der Waals surface area contributed by atoms with Gasteiger partial charge in [0.05, 0.1) is 19.3 Å². The molecule has 0 amide bonds. The fourth-order valence-corrected chi connectivity index (χ4v) is 6.29. The molecule has 3 aliphatic heterocycles. The molecule has 1 aromatic heterocycles. The lowest BCUT2D eigenvalue weighted by Gasteiger charge is -2.45. The Morgan fingerprint density at radius 1 is 0.648 bits per heavy atom. The highest BCUT2D eigenvalue weighted by Gasteiger charge is 2.51. The molecule has 15 atom stereocenters. The second-order valence-electron chi connectivity index (χ2n) is 13.0. The fraction of sp³-hybridized carbons (Fsp3) is 0.545. The largest absolute Gasteiger partial charge is 0.508 e. The highest BCUT2D eigenvalue weighted by atomic mass is 16.8. The highest BCUT2D eigenvalue weighted by Crippen LogP contribution is 2.41. The van der Waals surface area contributed by atoms with Crippen LogP contribution in [0, 0.1) is 0 Å². The maximum atomic E-state index is 14.5. The SMILES string of the molecule is C[C@@H]1O[C@@H](O[C@@H]2[C@@H](Oc3c(-c4ccc(O)c(O)c4)oc4cc(O)cc(O[C@H]5O[C@@H](CO)[C@H](O)[C@@H](O)[C@@H]5O)c4c3=O)O[C@@H](CO)[C@H](O)[C@H]2O)[C@H](O)[C@H](O)[C@H]1O. The minimum atomic E-state index is -2.01. The van der Waals surface area contributed by atoms with E-state index < -0.39 is 156 Å². The van der Waals surface area contributed by atoms with Gasteiger partial charge in [-0.25, -0.2) is 0 Å². The molecule has 4 heterocycles. The number of benzene rings is 2. The van der Waals surface area contributed by atoms with E-state index in [1.54, 1.807) is 0 Å². The van der Waals surface area contributed by atoms with E-state index in [0.717, 1.165) is 24.3 Å². The van der Waals surface area contributed by atoms with Crippen LogP contribution in [0.5, 0.6) is 28.7 Å². The lowest BCUT2D eigenvalue weighted by atomic mass is 9.97. The maximum absolute atomic E-state index is 14.5. The summed E-state index contributed by atoms with van der Waals surface area (Å²) >= 11 is 0. The van der Waals surface area contributed by atoms with Gasteiger partial charge in [0.15, 0.2) is 29.7 Å². The summed E-state index contributed by atoms with van der Waals surface area (Å²) in [5.41, 5.74) is -1.71. The first kappa shape index (κ1) is 39.8. The fourth-order valence-electron chi connectivity index (χ4n) is 6.29. The normalized spacial score (nSPS) is 37.3. The first-order chi connectivity index (χ1) is 25.6. The quantitative estimate of drug-likeness (QED) is 0.0917. The molecule has 0 radical (unpaired) electrons. The van der Waals surface area contributed by atoms with E-state index in [4.69, 9.17) is 32.8 Å². The van der Waals surface area contributed by atoms with Gasteiger partial charge in [0.1, 0.15) is 83.5 Å². The van der Waals surface area contributed by atoms with E-state index in [1.165, 1.54) is 13.0 Å². The second-order valence-corrected chi connectivity index (χ2v) is 13.0. The van der Waals surface area contributed by atoms with Gasteiger partial charge in [-0.3, -0.25) is 4.79 Å². The van der Waals surface area contributed by atoms with Gasteiger partial charge >= 0.3 is 0 Å². The van der Waals surface area contributed by atoms with Crippen molar-refractivity contribution in [3.63, 3.8) is 0 Å². The van der Waals surface area contributed by atoms with Crippen molar-refractivity contribution in [2.75, 3.05) is 13.2 Å². The van der Waals surface area contributed by atoms with Crippen LogP contribution in [0.25, 0.3) is 22.3 Å². The molecule has 54 heavy (non-hydrogen) atoms. The van der Waals surface area contributed by atoms with Gasteiger partial charge in [-0.2, -0.15) is 0 Å². The van der Waals surface area contributed by atoms with Gasteiger partial charge in [-0.05, 0) is 25.1 Å². The summed E-state index contributed by atoms with van der Waals surface area (Å²) in [6, 6.07) is 5.04. The molecule has 0 saturated carbocycles. The van der Waals surface area contributed by atoms with Crippen molar-refractivity contribution >= 4 is 11.0 Å². The third-order valence-corrected chi connectivity index (χ3v) is 9.39. The Morgan fingerprint density at radius 2 is 1.26 bits per heavy atom. The third kappa shape index (κ3) is 7.27. The van der Waals surface area contributed by atoms with Crippen LogP contribution in [0.1, 0.15) is 6.92 Å². The van der Waals surface area contributed by atoms with Crippen molar-refractivity contribution in [1.82, 2.24) is 0 Å². The second kappa shape index (κ2) is 15.7. The molecule has 3 saturated heterocycles. The average molecular weight is 773 g/mol. The topological polar surface area (TPSA) is 349 Å². The molecule has 0 bridgehead atoms. The van der Waals surface area contributed by atoms with Crippen LogP contribution in [0.3, 0.4) is 0 Å². The van der Waals surface area contributed by atoms with Crippen LogP contribution < -0.4 is 14.9 Å². The molecule has 298 valence electrons. The standard InChI is InChI=1S/C33H40O21/c1-9-19(39)23(43)26(46)31(48-9)54-30-25(45)21(41)17(8-35)52-33(30)53-29-22(42)18-14(49-28(29)10-2-3-12(37)13(38)4-10)5-11(36)6-15(18)50-32-27(47)24(44)20(40)16(7-34)51-32/h2-6,9,16-17,19-21,23-27,30-41,43-47H,7-8H2,1H3/t9-,16-,17-,19-,20-,21-,23+,24+,25+,26+,27-,30-,31-,32-,33+/m0/s1. The number of rotatable bonds is 9. The minimum Gasteiger partial charge on any atom is -0.508 e. The zero-order valence-electron chi connectivity index (χ0n) is 28.0.